The number of carbonyl (C=O) groups is 2. The predicted octanol–water partition coefficient (Wildman–Crippen LogP) is 1.37. The molecule has 0 aliphatic carbocycles. The molecule has 1 N–H and O–H groups in total. The molecular formula is C12H17NO3. The van der Waals surface area contributed by atoms with E-state index >= 15 is 0 Å². The molecule has 2 rings (SSSR count). The first-order valence-corrected chi connectivity index (χ1v) is 5.61. The van der Waals surface area contributed by atoms with Crippen LogP contribution in [0.2, 0.25) is 0 Å². The largest absolute Gasteiger partial charge is 0.450 e. The fraction of sp³-hybridized carbons (Fsp3) is 0.667. The highest BCUT2D eigenvalue weighted by molar-refractivity contribution is 5.97. The molecule has 1 unspecified atom stereocenters. The van der Waals surface area contributed by atoms with Crippen molar-refractivity contribution < 1.29 is 14.3 Å². The summed E-state index contributed by atoms with van der Waals surface area (Å²) in [4.78, 5) is 23.4. The number of cyclic esters (lactones) is 1. The zero-order valence-electron chi connectivity index (χ0n) is 10.1. The maximum absolute atomic E-state index is 11.8. The molecule has 4 nitrogen and oxygen atoms in total. The summed E-state index contributed by atoms with van der Waals surface area (Å²) < 4.78 is 5.30. The summed E-state index contributed by atoms with van der Waals surface area (Å²) >= 11 is 0. The molecule has 1 amide bonds. The number of carbonyl (C=O) groups excluding carboxylic acids is 2. The third-order valence-corrected chi connectivity index (χ3v) is 3.28. The van der Waals surface area contributed by atoms with Crippen LogP contribution in [0.1, 0.15) is 34.1 Å². The Labute approximate surface area is 95.0 Å². The van der Waals surface area contributed by atoms with Crippen LogP contribution < -0.4 is 5.32 Å². The van der Waals surface area contributed by atoms with Gasteiger partial charge >= 0.3 is 5.97 Å². The lowest BCUT2D eigenvalue weighted by Gasteiger charge is -2.28. The van der Waals surface area contributed by atoms with Crippen LogP contribution >= 0.6 is 0 Å². The summed E-state index contributed by atoms with van der Waals surface area (Å²) in [7, 11) is 0. The first kappa shape index (κ1) is 11.2. The average Bonchev–Trinajstić information content (AvgIpc) is 2.36. The number of esters is 1. The average molecular weight is 223 g/mol. The molecule has 16 heavy (non-hydrogen) atoms. The van der Waals surface area contributed by atoms with E-state index in [0.29, 0.717) is 17.7 Å². The standard InChI is InChI=1S/C12H17NO3/c1-6(2)7-5-8(14)13-10-9(7)11(15)16-12(10,3)4/h6-7H,5H2,1-4H3,(H,13,14). The van der Waals surface area contributed by atoms with Crippen LogP contribution in [0.3, 0.4) is 0 Å². The van der Waals surface area contributed by atoms with Gasteiger partial charge in [0.2, 0.25) is 5.91 Å². The van der Waals surface area contributed by atoms with Crippen LogP contribution in [0.15, 0.2) is 11.3 Å². The lowest BCUT2D eigenvalue weighted by atomic mass is 9.81. The van der Waals surface area contributed by atoms with Gasteiger partial charge in [0.25, 0.3) is 0 Å². The summed E-state index contributed by atoms with van der Waals surface area (Å²) in [5.41, 5.74) is 0.627. The Morgan fingerprint density at radius 3 is 2.56 bits per heavy atom. The van der Waals surface area contributed by atoms with E-state index in [1.54, 1.807) is 13.8 Å². The van der Waals surface area contributed by atoms with Gasteiger partial charge in [0, 0.05) is 12.3 Å². The lowest BCUT2D eigenvalue weighted by Crippen LogP contribution is -2.40. The summed E-state index contributed by atoms with van der Waals surface area (Å²) in [5.74, 6) is -0.0574. The molecule has 2 aliphatic heterocycles. The minimum Gasteiger partial charge on any atom is -0.450 e. The maximum atomic E-state index is 11.8. The molecule has 1 atom stereocenters. The van der Waals surface area contributed by atoms with E-state index in [4.69, 9.17) is 4.74 Å². The van der Waals surface area contributed by atoms with Crippen LogP contribution in [-0.4, -0.2) is 17.5 Å². The van der Waals surface area contributed by atoms with Crippen LogP contribution in [0.5, 0.6) is 0 Å². The monoisotopic (exact) mass is 223 g/mol. The van der Waals surface area contributed by atoms with E-state index in [1.165, 1.54) is 0 Å². The second-order valence-electron chi connectivity index (χ2n) is 5.29. The van der Waals surface area contributed by atoms with Crippen molar-refractivity contribution in [3.05, 3.63) is 11.3 Å². The van der Waals surface area contributed by atoms with Crippen LogP contribution in [-0.2, 0) is 14.3 Å². The zero-order valence-corrected chi connectivity index (χ0v) is 10.1. The summed E-state index contributed by atoms with van der Waals surface area (Å²) in [5, 5.41) is 2.78. The molecule has 0 saturated carbocycles. The second kappa shape index (κ2) is 3.34. The van der Waals surface area contributed by atoms with Crippen molar-refractivity contribution in [2.75, 3.05) is 0 Å². The van der Waals surface area contributed by atoms with Crippen molar-refractivity contribution >= 4 is 11.9 Å². The van der Waals surface area contributed by atoms with Gasteiger partial charge in [-0.25, -0.2) is 4.79 Å². The smallest absolute Gasteiger partial charge is 0.337 e. The molecule has 88 valence electrons. The summed E-state index contributed by atoms with van der Waals surface area (Å²) in [6, 6.07) is 0. The molecule has 0 aromatic heterocycles. The first-order valence-electron chi connectivity index (χ1n) is 5.61. The normalized spacial score (nSPS) is 27.9. The lowest BCUT2D eigenvalue weighted by molar-refractivity contribution is -0.145. The van der Waals surface area contributed by atoms with Crippen molar-refractivity contribution in [3.63, 3.8) is 0 Å². The molecule has 0 spiro atoms. The first-order chi connectivity index (χ1) is 7.33. The molecule has 2 aliphatic rings. The van der Waals surface area contributed by atoms with Crippen molar-refractivity contribution in [1.82, 2.24) is 5.32 Å². The molecule has 0 saturated heterocycles. The highest BCUT2D eigenvalue weighted by Crippen LogP contribution is 2.40. The number of nitrogens with one attached hydrogen (secondary N) is 1. The van der Waals surface area contributed by atoms with Crippen molar-refractivity contribution in [3.8, 4) is 0 Å². The van der Waals surface area contributed by atoms with E-state index in [0.717, 1.165) is 0 Å². The van der Waals surface area contributed by atoms with Gasteiger partial charge in [0.15, 0.2) is 0 Å². The fourth-order valence-electron chi connectivity index (χ4n) is 2.38. The van der Waals surface area contributed by atoms with E-state index < -0.39 is 5.60 Å². The third kappa shape index (κ3) is 1.52. The molecule has 0 fully saturated rings. The second-order valence-corrected chi connectivity index (χ2v) is 5.29. The minimum absolute atomic E-state index is 0.0157. The quantitative estimate of drug-likeness (QED) is 0.683. The fourth-order valence-corrected chi connectivity index (χ4v) is 2.38. The summed E-state index contributed by atoms with van der Waals surface area (Å²) in [6.45, 7) is 7.64. The van der Waals surface area contributed by atoms with Crippen molar-refractivity contribution in [1.29, 1.82) is 0 Å². The van der Waals surface area contributed by atoms with E-state index in [2.05, 4.69) is 5.32 Å². The highest BCUT2D eigenvalue weighted by Gasteiger charge is 2.47. The molecule has 2 heterocycles. The molecule has 0 radical (unpaired) electrons. The molecule has 0 bridgehead atoms. The Balaban J connectivity index is 2.49. The molecule has 0 aromatic rings. The van der Waals surface area contributed by atoms with Gasteiger partial charge in [-0.3, -0.25) is 4.79 Å². The molecule has 0 aromatic carbocycles. The topological polar surface area (TPSA) is 55.4 Å². The van der Waals surface area contributed by atoms with Crippen molar-refractivity contribution in [2.24, 2.45) is 11.8 Å². The Bertz CT molecular complexity index is 393. The van der Waals surface area contributed by atoms with Gasteiger partial charge in [0.1, 0.15) is 5.60 Å². The number of ether oxygens (including phenoxy) is 1. The predicted molar refractivity (Wildman–Crippen MR) is 58.3 cm³/mol. The Morgan fingerprint density at radius 1 is 1.38 bits per heavy atom. The van der Waals surface area contributed by atoms with Crippen LogP contribution in [0.25, 0.3) is 0 Å². The van der Waals surface area contributed by atoms with Crippen LogP contribution in [0.4, 0.5) is 0 Å². The highest BCUT2D eigenvalue weighted by atomic mass is 16.6. The Kier molecular flexibility index (Phi) is 2.33. The van der Waals surface area contributed by atoms with Gasteiger partial charge in [-0.05, 0) is 19.8 Å². The maximum Gasteiger partial charge on any atom is 0.337 e. The Morgan fingerprint density at radius 2 is 2.00 bits per heavy atom. The Hall–Kier alpha value is -1.32. The van der Waals surface area contributed by atoms with E-state index in [9.17, 15) is 9.59 Å². The van der Waals surface area contributed by atoms with Crippen LogP contribution in [0, 0.1) is 11.8 Å². The van der Waals surface area contributed by atoms with Gasteiger partial charge in [-0.2, -0.15) is 0 Å². The van der Waals surface area contributed by atoms with Gasteiger partial charge in [-0.1, -0.05) is 13.8 Å². The number of amides is 1. The number of hydrogen-bond acceptors (Lipinski definition) is 3. The molecule has 4 heteroatoms. The molecular weight excluding hydrogens is 206 g/mol. The van der Waals surface area contributed by atoms with Gasteiger partial charge < -0.3 is 10.1 Å². The van der Waals surface area contributed by atoms with Gasteiger partial charge in [-0.15, -0.1) is 0 Å². The third-order valence-electron chi connectivity index (χ3n) is 3.28. The van der Waals surface area contributed by atoms with E-state index in [-0.39, 0.29) is 23.7 Å². The number of rotatable bonds is 1. The number of hydrogen-bond donors (Lipinski definition) is 1. The minimum atomic E-state index is -0.699. The van der Waals surface area contributed by atoms with Gasteiger partial charge in [0.05, 0.1) is 11.3 Å². The van der Waals surface area contributed by atoms with E-state index in [1.807, 2.05) is 13.8 Å². The summed E-state index contributed by atoms with van der Waals surface area (Å²) in [6.07, 6.45) is 0.377. The SMILES string of the molecule is CC(C)C1CC(=O)NC2=C1C(=O)OC2(C)C. The zero-order chi connectivity index (χ0) is 12.1. The van der Waals surface area contributed by atoms with Crippen molar-refractivity contribution in [2.45, 2.75) is 39.7 Å².